The lowest BCUT2D eigenvalue weighted by Crippen LogP contribution is -2.48. The van der Waals surface area contributed by atoms with Crippen molar-refractivity contribution in [2.75, 3.05) is 52.5 Å². The summed E-state index contributed by atoms with van der Waals surface area (Å²) in [7, 11) is 0. The summed E-state index contributed by atoms with van der Waals surface area (Å²) in [4.78, 5) is 24.5. The summed E-state index contributed by atoms with van der Waals surface area (Å²) < 4.78 is 11.7. The van der Waals surface area contributed by atoms with Crippen molar-refractivity contribution in [3.05, 3.63) is 58.8 Å². The van der Waals surface area contributed by atoms with Gasteiger partial charge in [-0.25, -0.2) is 4.98 Å². The van der Waals surface area contributed by atoms with Crippen molar-refractivity contribution in [3.8, 4) is 5.88 Å². The van der Waals surface area contributed by atoms with E-state index in [1.807, 2.05) is 26.0 Å². The van der Waals surface area contributed by atoms with Crippen LogP contribution >= 0.6 is 0 Å². The molecule has 1 aromatic heterocycles. The van der Waals surface area contributed by atoms with Gasteiger partial charge in [0.15, 0.2) is 0 Å². The number of nitrogens with zero attached hydrogens (tertiary/aromatic N) is 4. The second-order valence-corrected chi connectivity index (χ2v) is 10.5. The van der Waals surface area contributed by atoms with Crippen molar-refractivity contribution >= 4 is 5.91 Å². The smallest absolute Gasteiger partial charge is 0.259 e. The number of aromatic nitrogens is 1. The van der Waals surface area contributed by atoms with Crippen LogP contribution in [0, 0.1) is 0 Å². The average Bonchev–Trinajstić information content (AvgIpc) is 2.92. The van der Waals surface area contributed by atoms with Crippen LogP contribution in [0.2, 0.25) is 0 Å². The molecule has 0 bridgehead atoms. The third-order valence-electron chi connectivity index (χ3n) is 6.98. The molecule has 0 radical (unpaired) electrons. The van der Waals surface area contributed by atoms with E-state index in [1.165, 1.54) is 11.1 Å². The van der Waals surface area contributed by atoms with Gasteiger partial charge in [0.2, 0.25) is 5.88 Å². The number of morpholine rings is 1. The minimum atomic E-state index is -0.643. The van der Waals surface area contributed by atoms with E-state index in [-0.39, 0.29) is 12.5 Å². The molecule has 1 N–H and O–H groups in total. The Morgan fingerprint density at radius 1 is 1.03 bits per heavy atom. The van der Waals surface area contributed by atoms with Gasteiger partial charge >= 0.3 is 0 Å². The molecule has 188 valence electrons. The molecule has 0 aliphatic carbocycles. The topological polar surface area (TPSA) is 78.4 Å². The minimum Gasteiger partial charge on any atom is -0.469 e. The maximum absolute atomic E-state index is 13.5. The van der Waals surface area contributed by atoms with Crippen LogP contribution in [0.4, 0.5) is 0 Å². The van der Waals surface area contributed by atoms with Gasteiger partial charge in [-0.1, -0.05) is 24.3 Å². The number of aliphatic hydroxyl groups excluding tert-OH is 1. The predicted molar refractivity (Wildman–Crippen MR) is 132 cm³/mol. The first-order chi connectivity index (χ1) is 16.9. The van der Waals surface area contributed by atoms with Gasteiger partial charge in [0.1, 0.15) is 11.2 Å². The van der Waals surface area contributed by atoms with E-state index >= 15 is 0 Å². The quantitative estimate of drug-likeness (QED) is 0.677. The Morgan fingerprint density at radius 2 is 1.80 bits per heavy atom. The fraction of sp³-hybridized carbons (Fsp3) is 0.556. The molecule has 1 saturated heterocycles. The normalized spacial score (nSPS) is 21.6. The van der Waals surface area contributed by atoms with Crippen molar-refractivity contribution in [1.29, 1.82) is 0 Å². The monoisotopic (exact) mass is 480 g/mol. The lowest BCUT2D eigenvalue weighted by atomic mass is 9.99. The van der Waals surface area contributed by atoms with E-state index in [0.29, 0.717) is 31.1 Å². The molecule has 1 aromatic carbocycles. The van der Waals surface area contributed by atoms with Crippen LogP contribution in [0.1, 0.15) is 41.0 Å². The number of carbonyl (C=O) groups is 1. The van der Waals surface area contributed by atoms with Crippen LogP contribution in [0.5, 0.6) is 5.88 Å². The largest absolute Gasteiger partial charge is 0.469 e. The average molecular weight is 481 g/mol. The summed E-state index contributed by atoms with van der Waals surface area (Å²) in [6, 6.07) is 12.2. The molecule has 1 unspecified atom stereocenters. The Hall–Kier alpha value is -2.52. The van der Waals surface area contributed by atoms with Gasteiger partial charge in [0.25, 0.3) is 5.91 Å². The van der Waals surface area contributed by atoms with Crippen LogP contribution in [-0.4, -0.2) is 94.9 Å². The SMILES string of the molecule is CC1(C)CN(CC(O)CN2CCc3ccccc3C2)C(=O)c2ccc(CN3CCOCC3)nc2O1. The van der Waals surface area contributed by atoms with E-state index < -0.39 is 11.7 Å². The first-order valence-corrected chi connectivity index (χ1v) is 12.6. The highest BCUT2D eigenvalue weighted by molar-refractivity contribution is 5.96. The van der Waals surface area contributed by atoms with E-state index in [0.717, 1.165) is 51.5 Å². The van der Waals surface area contributed by atoms with Gasteiger partial charge in [-0.15, -0.1) is 0 Å². The Labute approximate surface area is 207 Å². The fourth-order valence-corrected chi connectivity index (χ4v) is 5.26. The van der Waals surface area contributed by atoms with Crippen molar-refractivity contribution in [1.82, 2.24) is 19.7 Å². The molecule has 35 heavy (non-hydrogen) atoms. The van der Waals surface area contributed by atoms with E-state index in [2.05, 4.69) is 34.1 Å². The molecule has 2 aromatic rings. The molecule has 0 spiro atoms. The predicted octanol–water partition coefficient (Wildman–Crippen LogP) is 1.95. The summed E-state index contributed by atoms with van der Waals surface area (Å²) in [5, 5.41) is 10.9. The summed E-state index contributed by atoms with van der Waals surface area (Å²) in [6.07, 6.45) is 0.341. The van der Waals surface area contributed by atoms with E-state index in [4.69, 9.17) is 14.5 Å². The second-order valence-electron chi connectivity index (χ2n) is 10.5. The van der Waals surface area contributed by atoms with Crippen LogP contribution in [0.15, 0.2) is 36.4 Å². The number of β-amino-alcohol motifs (C(OH)–C–C–N with tert-alkyl or cyclic N) is 1. The third-order valence-corrected chi connectivity index (χ3v) is 6.98. The molecular formula is C27H36N4O4. The number of carbonyl (C=O) groups excluding carboxylic acids is 1. The highest BCUT2D eigenvalue weighted by Crippen LogP contribution is 2.29. The molecular weight excluding hydrogens is 444 g/mol. The molecule has 1 amide bonds. The van der Waals surface area contributed by atoms with Crippen molar-refractivity contribution in [3.63, 3.8) is 0 Å². The zero-order valence-electron chi connectivity index (χ0n) is 20.8. The van der Waals surface area contributed by atoms with Gasteiger partial charge < -0.3 is 19.5 Å². The molecule has 3 aliphatic rings. The van der Waals surface area contributed by atoms with Crippen molar-refractivity contribution in [2.45, 2.75) is 45.1 Å². The molecule has 8 nitrogen and oxygen atoms in total. The third kappa shape index (κ3) is 5.83. The van der Waals surface area contributed by atoms with Crippen molar-refractivity contribution in [2.24, 2.45) is 0 Å². The van der Waals surface area contributed by atoms with E-state index in [9.17, 15) is 9.90 Å². The molecule has 8 heteroatoms. The summed E-state index contributed by atoms with van der Waals surface area (Å²) in [6.45, 7) is 10.8. The lowest BCUT2D eigenvalue weighted by molar-refractivity contribution is 0.0272. The summed E-state index contributed by atoms with van der Waals surface area (Å²) in [5.74, 6) is 0.245. The van der Waals surface area contributed by atoms with Gasteiger partial charge in [-0.2, -0.15) is 0 Å². The standard InChI is InChI=1S/C27H36N4O4/c1-27(2)19-31(18-23(32)17-30-10-9-20-5-3-4-6-21(20)15-30)26(33)24-8-7-22(28-25(24)35-27)16-29-11-13-34-14-12-29/h3-8,23,32H,9-19H2,1-2H3. The number of benzene rings is 1. The number of hydrogen-bond acceptors (Lipinski definition) is 7. The lowest BCUT2D eigenvalue weighted by Gasteiger charge is -2.33. The number of ether oxygens (including phenoxy) is 2. The number of aliphatic hydroxyl groups is 1. The molecule has 4 heterocycles. The zero-order chi connectivity index (χ0) is 24.4. The van der Waals surface area contributed by atoms with Gasteiger partial charge in [0.05, 0.1) is 31.6 Å². The van der Waals surface area contributed by atoms with Gasteiger partial charge in [-0.05, 0) is 43.5 Å². The first-order valence-electron chi connectivity index (χ1n) is 12.6. The number of fused-ring (bicyclic) bond motifs is 2. The van der Waals surface area contributed by atoms with Gasteiger partial charge in [-0.3, -0.25) is 14.6 Å². The Kier molecular flexibility index (Phi) is 7.07. The maximum Gasteiger partial charge on any atom is 0.259 e. The first kappa shape index (κ1) is 24.2. The van der Waals surface area contributed by atoms with Crippen LogP contribution in [0.3, 0.4) is 0 Å². The van der Waals surface area contributed by atoms with Gasteiger partial charge in [0, 0.05) is 45.8 Å². The molecule has 3 aliphatic heterocycles. The Bertz CT molecular complexity index is 1050. The van der Waals surface area contributed by atoms with Crippen LogP contribution in [-0.2, 0) is 24.2 Å². The van der Waals surface area contributed by atoms with E-state index in [1.54, 1.807) is 4.90 Å². The second kappa shape index (κ2) is 10.2. The summed E-state index contributed by atoms with van der Waals surface area (Å²) >= 11 is 0. The Balaban J connectivity index is 1.26. The highest BCUT2D eigenvalue weighted by atomic mass is 16.5. The fourth-order valence-electron chi connectivity index (χ4n) is 5.26. The number of pyridine rings is 1. The molecule has 1 atom stereocenters. The minimum absolute atomic E-state index is 0.140. The molecule has 0 saturated carbocycles. The number of amides is 1. The maximum atomic E-state index is 13.5. The van der Waals surface area contributed by atoms with Crippen LogP contribution < -0.4 is 4.74 Å². The van der Waals surface area contributed by atoms with Crippen molar-refractivity contribution < 1.29 is 19.4 Å². The molecule has 1 fully saturated rings. The molecule has 5 rings (SSSR count). The number of rotatable bonds is 6. The van der Waals surface area contributed by atoms with Crippen LogP contribution in [0.25, 0.3) is 0 Å². The summed E-state index contributed by atoms with van der Waals surface area (Å²) in [5.41, 5.74) is 3.43. The zero-order valence-corrected chi connectivity index (χ0v) is 20.8. The number of hydrogen-bond donors (Lipinski definition) is 1. The Morgan fingerprint density at radius 3 is 2.60 bits per heavy atom. The highest BCUT2D eigenvalue weighted by Gasteiger charge is 2.36.